The van der Waals surface area contributed by atoms with Crippen LogP contribution in [0.5, 0.6) is 0 Å². The maximum Gasteiger partial charge on any atom is 0.123 e. The molecular formula is C16H23FO. The summed E-state index contributed by atoms with van der Waals surface area (Å²) in [5.74, 6) is 1.22. The molecule has 3 unspecified atom stereocenters. The molecule has 1 fully saturated rings. The third-order valence-electron chi connectivity index (χ3n) is 4.38. The quantitative estimate of drug-likeness (QED) is 0.837. The van der Waals surface area contributed by atoms with E-state index in [1.54, 1.807) is 6.07 Å². The lowest BCUT2D eigenvalue weighted by Crippen LogP contribution is -2.37. The fourth-order valence-corrected chi connectivity index (χ4v) is 3.44. The van der Waals surface area contributed by atoms with Crippen molar-refractivity contribution in [1.82, 2.24) is 0 Å². The van der Waals surface area contributed by atoms with E-state index in [0.717, 1.165) is 12.8 Å². The van der Waals surface area contributed by atoms with Gasteiger partial charge in [0.25, 0.3) is 0 Å². The van der Waals surface area contributed by atoms with Gasteiger partial charge in [0.15, 0.2) is 0 Å². The van der Waals surface area contributed by atoms with Gasteiger partial charge in [-0.1, -0.05) is 26.0 Å². The fourth-order valence-electron chi connectivity index (χ4n) is 3.44. The zero-order valence-electron chi connectivity index (χ0n) is 11.5. The van der Waals surface area contributed by atoms with Crippen LogP contribution in [0.25, 0.3) is 0 Å². The average molecular weight is 250 g/mol. The van der Waals surface area contributed by atoms with Crippen LogP contribution in [-0.2, 0) is 5.60 Å². The van der Waals surface area contributed by atoms with Gasteiger partial charge in [0, 0.05) is 0 Å². The summed E-state index contributed by atoms with van der Waals surface area (Å²) in [7, 11) is 0. The molecule has 3 atom stereocenters. The number of halogens is 1. The van der Waals surface area contributed by atoms with Crippen LogP contribution in [0.4, 0.5) is 4.39 Å². The Bertz CT molecular complexity index is 403. The predicted molar refractivity (Wildman–Crippen MR) is 71.6 cm³/mol. The van der Waals surface area contributed by atoms with Gasteiger partial charge in [0.05, 0.1) is 5.60 Å². The molecule has 2 heteroatoms. The van der Waals surface area contributed by atoms with E-state index in [9.17, 15) is 9.50 Å². The molecule has 0 heterocycles. The Morgan fingerprint density at radius 1 is 1.17 bits per heavy atom. The Morgan fingerprint density at radius 2 is 1.78 bits per heavy atom. The molecule has 1 aromatic carbocycles. The maximum atomic E-state index is 13.3. The summed E-state index contributed by atoms with van der Waals surface area (Å²) in [4.78, 5) is 0. The molecule has 0 aliphatic heterocycles. The largest absolute Gasteiger partial charge is 0.385 e. The van der Waals surface area contributed by atoms with E-state index in [1.807, 2.05) is 13.0 Å². The first kappa shape index (κ1) is 13.5. The molecule has 1 aliphatic carbocycles. The van der Waals surface area contributed by atoms with Crippen molar-refractivity contribution in [3.8, 4) is 0 Å². The van der Waals surface area contributed by atoms with Crippen LogP contribution < -0.4 is 0 Å². The van der Waals surface area contributed by atoms with E-state index in [2.05, 4.69) is 13.8 Å². The molecule has 1 N–H and O–H groups in total. The number of aliphatic hydroxyl groups is 1. The topological polar surface area (TPSA) is 20.2 Å². The monoisotopic (exact) mass is 250 g/mol. The van der Waals surface area contributed by atoms with Crippen LogP contribution in [0.15, 0.2) is 24.3 Å². The summed E-state index contributed by atoms with van der Waals surface area (Å²) in [5.41, 5.74) is -0.223. The van der Waals surface area contributed by atoms with Gasteiger partial charge in [-0.25, -0.2) is 4.39 Å². The van der Waals surface area contributed by atoms with Crippen LogP contribution >= 0.6 is 0 Å². The number of rotatable bonds is 2. The van der Waals surface area contributed by atoms with Gasteiger partial charge in [-0.3, -0.25) is 0 Å². The average Bonchev–Trinajstić information content (AvgIpc) is 2.27. The van der Waals surface area contributed by atoms with Gasteiger partial charge in [0.1, 0.15) is 5.82 Å². The first-order chi connectivity index (χ1) is 8.39. The van der Waals surface area contributed by atoms with Crippen LogP contribution in [-0.4, -0.2) is 5.11 Å². The van der Waals surface area contributed by atoms with Crippen molar-refractivity contribution in [3.05, 3.63) is 35.6 Å². The number of hydrogen-bond acceptors (Lipinski definition) is 1. The van der Waals surface area contributed by atoms with Crippen molar-refractivity contribution >= 4 is 0 Å². The van der Waals surface area contributed by atoms with Crippen LogP contribution in [0.1, 0.15) is 45.6 Å². The second kappa shape index (κ2) is 5.00. The van der Waals surface area contributed by atoms with E-state index >= 15 is 0 Å². The summed E-state index contributed by atoms with van der Waals surface area (Å²) in [5, 5.41) is 10.8. The SMILES string of the molecule is CC1CC(C)CC(C(C)(O)c2cccc(F)c2)C1. The molecular weight excluding hydrogens is 227 g/mol. The molecule has 1 aromatic rings. The van der Waals surface area contributed by atoms with Crippen molar-refractivity contribution in [2.45, 2.75) is 45.6 Å². The zero-order chi connectivity index (χ0) is 13.3. The van der Waals surface area contributed by atoms with Gasteiger partial charge < -0.3 is 5.11 Å². The van der Waals surface area contributed by atoms with Crippen LogP contribution in [0, 0.1) is 23.6 Å². The first-order valence-electron chi connectivity index (χ1n) is 6.88. The van der Waals surface area contributed by atoms with Crippen molar-refractivity contribution in [2.24, 2.45) is 17.8 Å². The summed E-state index contributed by atoms with van der Waals surface area (Å²) < 4.78 is 13.3. The van der Waals surface area contributed by atoms with Crippen LogP contribution in [0.3, 0.4) is 0 Å². The molecule has 2 rings (SSSR count). The second-order valence-electron chi connectivity index (χ2n) is 6.27. The summed E-state index contributed by atoms with van der Waals surface area (Å²) in [6.45, 7) is 6.31. The highest BCUT2D eigenvalue weighted by atomic mass is 19.1. The van der Waals surface area contributed by atoms with E-state index < -0.39 is 5.60 Å². The van der Waals surface area contributed by atoms with Gasteiger partial charge in [-0.2, -0.15) is 0 Å². The molecule has 0 saturated heterocycles. The van der Waals surface area contributed by atoms with Gasteiger partial charge in [0.2, 0.25) is 0 Å². The molecule has 0 bridgehead atoms. The first-order valence-corrected chi connectivity index (χ1v) is 6.88. The molecule has 18 heavy (non-hydrogen) atoms. The fraction of sp³-hybridized carbons (Fsp3) is 0.625. The van der Waals surface area contributed by atoms with E-state index in [0.29, 0.717) is 17.4 Å². The minimum atomic E-state index is -0.926. The Morgan fingerprint density at radius 3 is 2.33 bits per heavy atom. The molecule has 0 radical (unpaired) electrons. The maximum absolute atomic E-state index is 13.3. The summed E-state index contributed by atoms with van der Waals surface area (Å²) in [6.07, 6.45) is 3.28. The molecule has 0 amide bonds. The molecule has 1 aliphatic rings. The summed E-state index contributed by atoms with van der Waals surface area (Å²) in [6, 6.07) is 6.39. The summed E-state index contributed by atoms with van der Waals surface area (Å²) >= 11 is 0. The molecule has 100 valence electrons. The molecule has 1 saturated carbocycles. The lowest BCUT2D eigenvalue weighted by atomic mass is 9.68. The third kappa shape index (κ3) is 2.74. The smallest absolute Gasteiger partial charge is 0.123 e. The number of benzene rings is 1. The molecule has 0 aromatic heterocycles. The highest BCUT2D eigenvalue weighted by Crippen LogP contribution is 2.43. The van der Waals surface area contributed by atoms with Crippen molar-refractivity contribution in [2.75, 3.05) is 0 Å². The predicted octanol–water partition coefficient (Wildman–Crippen LogP) is 4.11. The highest BCUT2D eigenvalue weighted by Gasteiger charge is 2.38. The molecule has 0 spiro atoms. The molecule has 1 nitrogen and oxygen atoms in total. The van der Waals surface area contributed by atoms with E-state index in [-0.39, 0.29) is 11.7 Å². The third-order valence-corrected chi connectivity index (χ3v) is 4.38. The Kier molecular flexibility index (Phi) is 3.76. The lowest BCUT2D eigenvalue weighted by molar-refractivity contribution is -0.0388. The number of hydrogen-bond donors (Lipinski definition) is 1. The van der Waals surface area contributed by atoms with E-state index in [4.69, 9.17) is 0 Å². The second-order valence-corrected chi connectivity index (χ2v) is 6.27. The van der Waals surface area contributed by atoms with Crippen molar-refractivity contribution in [1.29, 1.82) is 0 Å². The van der Waals surface area contributed by atoms with Gasteiger partial charge in [-0.15, -0.1) is 0 Å². The Hall–Kier alpha value is -0.890. The van der Waals surface area contributed by atoms with Crippen molar-refractivity contribution < 1.29 is 9.50 Å². The van der Waals surface area contributed by atoms with Gasteiger partial charge >= 0.3 is 0 Å². The standard InChI is InChI=1S/C16H23FO/c1-11-7-12(2)9-14(8-11)16(3,18)13-5-4-6-15(17)10-13/h4-6,10-12,14,18H,7-9H2,1-3H3. The van der Waals surface area contributed by atoms with Gasteiger partial charge in [-0.05, 0) is 61.6 Å². The zero-order valence-corrected chi connectivity index (χ0v) is 11.5. The highest BCUT2D eigenvalue weighted by molar-refractivity contribution is 5.23. The minimum absolute atomic E-state index is 0.220. The van der Waals surface area contributed by atoms with Crippen LogP contribution in [0.2, 0.25) is 0 Å². The van der Waals surface area contributed by atoms with E-state index in [1.165, 1.54) is 18.6 Å². The van der Waals surface area contributed by atoms with Crippen molar-refractivity contribution in [3.63, 3.8) is 0 Å². The Balaban J connectivity index is 2.24. The minimum Gasteiger partial charge on any atom is -0.385 e. The lowest BCUT2D eigenvalue weighted by Gasteiger charge is -2.40. The normalized spacial score (nSPS) is 31.9. The Labute approximate surface area is 109 Å².